The molecule has 7 heteroatoms. The number of anilines is 1. The zero-order chi connectivity index (χ0) is 18.8. The van der Waals surface area contributed by atoms with Crippen molar-refractivity contribution in [2.24, 2.45) is 5.92 Å². The largest absolute Gasteiger partial charge is 0.355 e. The van der Waals surface area contributed by atoms with Crippen molar-refractivity contribution in [1.82, 2.24) is 14.5 Å². The van der Waals surface area contributed by atoms with Gasteiger partial charge in [0, 0.05) is 25.8 Å². The number of halogens is 1. The smallest absolute Gasteiger partial charge is 0.261 e. The Bertz CT molecular complexity index is 1080. The molecule has 6 nitrogen and oxygen atoms in total. The maximum absolute atomic E-state index is 12.7. The predicted octanol–water partition coefficient (Wildman–Crippen LogP) is 3.23. The molecule has 3 heterocycles. The van der Waals surface area contributed by atoms with Gasteiger partial charge in [0.15, 0.2) is 0 Å². The summed E-state index contributed by atoms with van der Waals surface area (Å²) in [5, 5.41) is 10.1. The predicted molar refractivity (Wildman–Crippen MR) is 105 cm³/mol. The lowest BCUT2D eigenvalue weighted by molar-refractivity contribution is 0.351. The Morgan fingerprint density at radius 1 is 1.22 bits per heavy atom. The lowest BCUT2D eigenvalue weighted by atomic mass is 9.96. The van der Waals surface area contributed by atoms with Crippen molar-refractivity contribution in [2.75, 3.05) is 18.0 Å². The molecule has 1 fully saturated rings. The molecule has 1 aliphatic heterocycles. The van der Waals surface area contributed by atoms with Crippen LogP contribution in [0.5, 0.6) is 0 Å². The first-order valence-electron chi connectivity index (χ1n) is 8.90. The number of piperidine rings is 1. The van der Waals surface area contributed by atoms with E-state index in [2.05, 4.69) is 14.9 Å². The number of nitrogens with zero attached hydrogens (tertiary/aromatic N) is 5. The van der Waals surface area contributed by atoms with Crippen molar-refractivity contribution < 1.29 is 0 Å². The van der Waals surface area contributed by atoms with E-state index in [4.69, 9.17) is 16.9 Å². The quantitative estimate of drug-likeness (QED) is 0.698. The summed E-state index contributed by atoms with van der Waals surface area (Å²) in [6.07, 6.45) is 5.08. The average molecular weight is 380 g/mol. The highest BCUT2D eigenvalue weighted by Crippen LogP contribution is 2.28. The minimum atomic E-state index is 0.0137. The van der Waals surface area contributed by atoms with Gasteiger partial charge in [0.05, 0.1) is 27.8 Å². The third-order valence-electron chi connectivity index (χ3n) is 5.05. The molecule has 136 valence electrons. The van der Waals surface area contributed by atoms with Crippen molar-refractivity contribution in [3.63, 3.8) is 0 Å². The highest BCUT2D eigenvalue weighted by molar-refractivity contribution is 6.33. The van der Waals surface area contributed by atoms with E-state index in [1.807, 2.05) is 30.3 Å². The molecule has 1 saturated heterocycles. The van der Waals surface area contributed by atoms with Crippen molar-refractivity contribution in [3.8, 4) is 6.07 Å². The number of pyridine rings is 1. The first-order valence-corrected chi connectivity index (χ1v) is 9.28. The van der Waals surface area contributed by atoms with Crippen molar-refractivity contribution in [3.05, 3.63) is 63.8 Å². The molecule has 0 bridgehead atoms. The third-order valence-corrected chi connectivity index (χ3v) is 5.33. The minimum absolute atomic E-state index is 0.0137. The second kappa shape index (κ2) is 7.37. The summed E-state index contributed by atoms with van der Waals surface area (Å²) in [7, 11) is 0. The van der Waals surface area contributed by atoms with Crippen LogP contribution in [-0.2, 0) is 6.54 Å². The lowest BCUT2D eigenvalue weighted by Crippen LogP contribution is -2.37. The topological polar surface area (TPSA) is 74.8 Å². The highest BCUT2D eigenvalue weighted by Gasteiger charge is 2.22. The first kappa shape index (κ1) is 17.5. The molecule has 0 N–H and O–H groups in total. The van der Waals surface area contributed by atoms with Gasteiger partial charge in [-0.3, -0.25) is 9.36 Å². The number of benzene rings is 1. The highest BCUT2D eigenvalue weighted by atomic mass is 35.5. The Morgan fingerprint density at radius 2 is 2.00 bits per heavy atom. The van der Waals surface area contributed by atoms with Gasteiger partial charge in [-0.15, -0.1) is 0 Å². The Labute approximate surface area is 161 Å². The van der Waals surface area contributed by atoms with Crippen LogP contribution in [0.2, 0.25) is 5.02 Å². The van der Waals surface area contributed by atoms with Crippen LogP contribution in [0, 0.1) is 17.2 Å². The molecular weight excluding hydrogens is 362 g/mol. The summed E-state index contributed by atoms with van der Waals surface area (Å²) < 4.78 is 1.72. The van der Waals surface area contributed by atoms with Crippen LogP contribution < -0.4 is 10.5 Å². The van der Waals surface area contributed by atoms with Gasteiger partial charge in [0.25, 0.3) is 5.56 Å². The first-order chi connectivity index (χ1) is 13.2. The summed E-state index contributed by atoms with van der Waals surface area (Å²) in [6, 6.07) is 11.1. The lowest BCUT2D eigenvalue weighted by Gasteiger charge is -2.33. The van der Waals surface area contributed by atoms with Crippen molar-refractivity contribution in [1.29, 1.82) is 5.26 Å². The maximum Gasteiger partial charge on any atom is 0.261 e. The van der Waals surface area contributed by atoms with Crippen LogP contribution in [0.1, 0.15) is 18.4 Å². The Balaban J connectivity index is 1.45. The van der Waals surface area contributed by atoms with Crippen molar-refractivity contribution in [2.45, 2.75) is 19.4 Å². The van der Waals surface area contributed by atoms with Gasteiger partial charge < -0.3 is 4.90 Å². The van der Waals surface area contributed by atoms with Gasteiger partial charge in [0.1, 0.15) is 11.9 Å². The molecule has 27 heavy (non-hydrogen) atoms. The van der Waals surface area contributed by atoms with Crippen LogP contribution in [-0.4, -0.2) is 27.6 Å². The zero-order valence-electron chi connectivity index (χ0n) is 14.7. The molecule has 0 saturated carbocycles. The molecule has 0 unspecified atom stereocenters. The number of aromatic nitrogens is 3. The van der Waals surface area contributed by atoms with Crippen LogP contribution >= 0.6 is 11.6 Å². The third kappa shape index (κ3) is 3.51. The van der Waals surface area contributed by atoms with Gasteiger partial charge in [-0.25, -0.2) is 9.97 Å². The van der Waals surface area contributed by atoms with E-state index in [1.165, 1.54) is 0 Å². The van der Waals surface area contributed by atoms with Crippen molar-refractivity contribution >= 4 is 28.3 Å². The van der Waals surface area contributed by atoms with E-state index in [0.717, 1.165) is 37.3 Å². The van der Waals surface area contributed by atoms with E-state index >= 15 is 0 Å². The SMILES string of the molecule is N#Cc1cnc(N2CCC(Cn3cnc4ccccc4c3=O)CC2)c(Cl)c1. The Morgan fingerprint density at radius 3 is 2.74 bits per heavy atom. The van der Waals surface area contributed by atoms with Gasteiger partial charge in [0.2, 0.25) is 0 Å². The molecular formula is C20H18ClN5O. The summed E-state index contributed by atoms with van der Waals surface area (Å²) in [6.45, 7) is 2.30. The van der Waals surface area contributed by atoms with Crippen LogP contribution in [0.4, 0.5) is 5.82 Å². The Hall–Kier alpha value is -2.91. The molecule has 0 radical (unpaired) electrons. The number of hydrogen-bond acceptors (Lipinski definition) is 5. The van der Waals surface area contributed by atoms with E-state index in [-0.39, 0.29) is 5.56 Å². The number of para-hydroxylation sites is 1. The molecule has 2 aromatic heterocycles. The normalized spacial score (nSPS) is 15.0. The van der Waals surface area contributed by atoms with Crippen LogP contribution in [0.3, 0.4) is 0 Å². The minimum Gasteiger partial charge on any atom is -0.355 e. The maximum atomic E-state index is 12.7. The second-order valence-electron chi connectivity index (χ2n) is 6.79. The summed E-state index contributed by atoms with van der Waals surface area (Å²) in [4.78, 5) is 23.5. The van der Waals surface area contributed by atoms with E-state index in [0.29, 0.717) is 28.4 Å². The zero-order valence-corrected chi connectivity index (χ0v) is 15.4. The second-order valence-corrected chi connectivity index (χ2v) is 7.20. The summed E-state index contributed by atoms with van der Waals surface area (Å²) >= 11 is 6.27. The number of hydrogen-bond donors (Lipinski definition) is 0. The summed E-state index contributed by atoms with van der Waals surface area (Å²) in [5.74, 6) is 1.12. The summed E-state index contributed by atoms with van der Waals surface area (Å²) in [5.41, 5.74) is 1.21. The monoisotopic (exact) mass is 379 g/mol. The molecule has 0 aliphatic carbocycles. The molecule has 0 amide bonds. The molecule has 1 aliphatic rings. The number of nitriles is 1. The van der Waals surface area contributed by atoms with Crippen LogP contribution in [0.15, 0.2) is 47.7 Å². The molecule has 3 aromatic rings. The van der Waals surface area contributed by atoms with Crippen LogP contribution in [0.25, 0.3) is 10.9 Å². The van der Waals surface area contributed by atoms with Gasteiger partial charge in [-0.2, -0.15) is 5.26 Å². The van der Waals surface area contributed by atoms with Gasteiger partial charge in [-0.05, 0) is 37.0 Å². The Kier molecular flexibility index (Phi) is 4.78. The van der Waals surface area contributed by atoms with E-state index in [9.17, 15) is 4.79 Å². The van der Waals surface area contributed by atoms with Gasteiger partial charge in [-0.1, -0.05) is 23.7 Å². The molecule has 4 rings (SSSR count). The van der Waals surface area contributed by atoms with E-state index in [1.54, 1.807) is 23.2 Å². The average Bonchev–Trinajstić information content (AvgIpc) is 2.71. The number of rotatable bonds is 3. The molecule has 1 aromatic carbocycles. The number of fused-ring (bicyclic) bond motifs is 1. The standard InChI is InChI=1S/C20H18ClN5O/c21-17-9-15(10-22)11-23-19(17)25-7-5-14(6-8-25)12-26-13-24-18-4-2-1-3-16(18)20(26)27/h1-4,9,11,13-14H,5-8,12H2. The van der Waals surface area contributed by atoms with E-state index < -0.39 is 0 Å². The molecule has 0 spiro atoms. The van der Waals surface area contributed by atoms with Gasteiger partial charge >= 0.3 is 0 Å². The fourth-order valence-corrected chi connectivity index (χ4v) is 3.85. The molecule has 0 atom stereocenters. The fourth-order valence-electron chi connectivity index (χ4n) is 3.57. The fraction of sp³-hybridized carbons (Fsp3) is 0.300.